The van der Waals surface area contributed by atoms with Crippen LogP contribution in [0.25, 0.3) is 0 Å². The Morgan fingerprint density at radius 2 is 2.00 bits per heavy atom. The first-order chi connectivity index (χ1) is 7.35. The van der Waals surface area contributed by atoms with E-state index in [-0.39, 0.29) is 12.0 Å². The molecule has 0 N–H and O–H groups in total. The SMILES string of the molecule is O=Cc1c(F)ccc(OCC(F)(F)F)c1Cl. The van der Waals surface area contributed by atoms with E-state index >= 15 is 0 Å². The lowest BCUT2D eigenvalue weighted by Crippen LogP contribution is -2.19. The average molecular weight is 257 g/mol. The third kappa shape index (κ3) is 3.10. The van der Waals surface area contributed by atoms with Gasteiger partial charge in [0, 0.05) is 0 Å². The number of carbonyl (C=O) groups is 1. The van der Waals surface area contributed by atoms with Crippen LogP contribution in [0.5, 0.6) is 5.75 Å². The number of benzene rings is 1. The zero-order chi connectivity index (χ0) is 12.3. The summed E-state index contributed by atoms with van der Waals surface area (Å²) in [7, 11) is 0. The van der Waals surface area contributed by atoms with Gasteiger partial charge in [-0.2, -0.15) is 13.2 Å². The molecule has 1 rings (SSSR count). The molecule has 0 spiro atoms. The molecule has 0 amide bonds. The van der Waals surface area contributed by atoms with Gasteiger partial charge in [0.2, 0.25) is 0 Å². The molecule has 0 fully saturated rings. The number of alkyl halides is 3. The minimum atomic E-state index is -4.53. The summed E-state index contributed by atoms with van der Waals surface area (Å²) in [4.78, 5) is 10.4. The van der Waals surface area contributed by atoms with E-state index in [1.165, 1.54) is 0 Å². The van der Waals surface area contributed by atoms with Gasteiger partial charge in [-0.15, -0.1) is 0 Å². The lowest BCUT2D eigenvalue weighted by atomic mass is 10.2. The van der Waals surface area contributed by atoms with Crippen LogP contribution in [0.15, 0.2) is 12.1 Å². The van der Waals surface area contributed by atoms with Crippen molar-refractivity contribution in [1.82, 2.24) is 0 Å². The van der Waals surface area contributed by atoms with Crippen molar-refractivity contribution in [3.05, 3.63) is 28.5 Å². The zero-order valence-corrected chi connectivity index (χ0v) is 8.40. The highest BCUT2D eigenvalue weighted by Crippen LogP contribution is 2.30. The van der Waals surface area contributed by atoms with Gasteiger partial charge >= 0.3 is 6.18 Å². The molecule has 0 aliphatic heterocycles. The molecule has 0 saturated carbocycles. The number of aldehydes is 1. The fraction of sp³-hybridized carbons (Fsp3) is 0.222. The molecule has 0 bridgehead atoms. The molecule has 0 aliphatic carbocycles. The molecule has 0 saturated heterocycles. The number of hydrogen-bond donors (Lipinski definition) is 0. The number of hydrogen-bond acceptors (Lipinski definition) is 2. The van der Waals surface area contributed by atoms with Gasteiger partial charge < -0.3 is 4.74 Å². The van der Waals surface area contributed by atoms with Crippen LogP contribution in [0.2, 0.25) is 5.02 Å². The van der Waals surface area contributed by atoms with Gasteiger partial charge in [0.15, 0.2) is 12.9 Å². The summed E-state index contributed by atoms with van der Waals surface area (Å²) in [5.41, 5.74) is -0.527. The highest BCUT2D eigenvalue weighted by Gasteiger charge is 2.29. The summed E-state index contributed by atoms with van der Waals surface area (Å²) < 4.78 is 52.7. The lowest BCUT2D eigenvalue weighted by molar-refractivity contribution is -0.153. The smallest absolute Gasteiger partial charge is 0.422 e. The van der Waals surface area contributed by atoms with Crippen molar-refractivity contribution < 1.29 is 27.1 Å². The molecule has 7 heteroatoms. The van der Waals surface area contributed by atoms with E-state index in [4.69, 9.17) is 11.6 Å². The Labute approximate surface area is 92.8 Å². The highest BCUT2D eigenvalue weighted by atomic mass is 35.5. The van der Waals surface area contributed by atoms with E-state index in [1.54, 1.807) is 0 Å². The second-order valence-electron chi connectivity index (χ2n) is 2.79. The van der Waals surface area contributed by atoms with Crippen LogP contribution in [0.3, 0.4) is 0 Å². The zero-order valence-electron chi connectivity index (χ0n) is 7.65. The van der Waals surface area contributed by atoms with E-state index in [9.17, 15) is 22.4 Å². The Hall–Kier alpha value is -1.30. The highest BCUT2D eigenvalue weighted by molar-refractivity contribution is 6.34. The molecule has 0 aliphatic rings. The Morgan fingerprint density at radius 3 is 2.50 bits per heavy atom. The van der Waals surface area contributed by atoms with Crippen LogP contribution >= 0.6 is 11.6 Å². The van der Waals surface area contributed by atoms with E-state index in [1.807, 2.05) is 0 Å². The first-order valence-electron chi connectivity index (χ1n) is 3.98. The predicted molar refractivity (Wildman–Crippen MR) is 48.3 cm³/mol. The maximum atomic E-state index is 12.9. The topological polar surface area (TPSA) is 26.3 Å². The van der Waals surface area contributed by atoms with Crippen LogP contribution in [0.4, 0.5) is 17.6 Å². The molecule has 0 radical (unpaired) electrons. The largest absolute Gasteiger partial charge is 0.483 e. The monoisotopic (exact) mass is 256 g/mol. The summed E-state index contributed by atoms with van der Waals surface area (Å²) in [5, 5.41) is -0.473. The molecule has 88 valence electrons. The summed E-state index contributed by atoms with van der Waals surface area (Å²) in [6.45, 7) is -1.56. The summed E-state index contributed by atoms with van der Waals surface area (Å²) in [6, 6.07) is 1.73. The first-order valence-corrected chi connectivity index (χ1v) is 4.35. The molecular weight excluding hydrogens is 252 g/mol. The summed E-state index contributed by atoms with van der Waals surface area (Å²) in [6.07, 6.45) is -4.42. The summed E-state index contributed by atoms with van der Waals surface area (Å²) in [5.74, 6) is -1.30. The number of halogens is 5. The molecule has 1 aromatic carbocycles. The van der Waals surface area contributed by atoms with Crippen molar-refractivity contribution in [3.63, 3.8) is 0 Å². The van der Waals surface area contributed by atoms with Crippen LogP contribution in [0.1, 0.15) is 10.4 Å². The van der Waals surface area contributed by atoms with Crippen molar-refractivity contribution in [3.8, 4) is 5.75 Å². The molecule has 0 atom stereocenters. The molecule has 0 aromatic heterocycles. The summed E-state index contributed by atoms with van der Waals surface area (Å²) >= 11 is 5.48. The van der Waals surface area contributed by atoms with Crippen molar-refractivity contribution >= 4 is 17.9 Å². The first kappa shape index (κ1) is 12.8. The van der Waals surface area contributed by atoms with Crippen LogP contribution in [-0.4, -0.2) is 19.1 Å². The fourth-order valence-corrected chi connectivity index (χ4v) is 1.18. The van der Waals surface area contributed by atoms with E-state index in [2.05, 4.69) is 4.74 Å². The quantitative estimate of drug-likeness (QED) is 0.613. The minimum Gasteiger partial charge on any atom is -0.483 e. The van der Waals surface area contributed by atoms with Crippen molar-refractivity contribution in [1.29, 1.82) is 0 Å². The van der Waals surface area contributed by atoms with Crippen molar-refractivity contribution in [2.45, 2.75) is 6.18 Å². The van der Waals surface area contributed by atoms with Crippen molar-refractivity contribution in [2.75, 3.05) is 6.61 Å². The Kier molecular flexibility index (Phi) is 3.74. The average Bonchev–Trinajstić information content (AvgIpc) is 2.16. The predicted octanol–water partition coefficient (Wildman–Crippen LogP) is 3.23. The van der Waals surface area contributed by atoms with Gasteiger partial charge in [0.25, 0.3) is 0 Å². The maximum absolute atomic E-state index is 12.9. The number of rotatable bonds is 3. The van der Waals surface area contributed by atoms with Gasteiger partial charge in [0.05, 0.1) is 10.6 Å². The molecule has 1 aromatic rings. The molecule has 0 heterocycles. The molecule has 0 unspecified atom stereocenters. The van der Waals surface area contributed by atoms with Gasteiger partial charge in [-0.3, -0.25) is 4.79 Å². The Morgan fingerprint density at radius 1 is 1.38 bits per heavy atom. The third-order valence-electron chi connectivity index (χ3n) is 1.60. The molecule has 16 heavy (non-hydrogen) atoms. The standard InChI is InChI=1S/C9H5ClF4O2/c10-8-5(3-15)6(11)1-2-7(8)16-4-9(12,13)14/h1-3H,4H2. The van der Waals surface area contributed by atoms with Gasteiger partial charge in [-0.25, -0.2) is 4.39 Å². The van der Waals surface area contributed by atoms with E-state index in [0.29, 0.717) is 0 Å². The second-order valence-corrected chi connectivity index (χ2v) is 3.17. The van der Waals surface area contributed by atoms with Crippen LogP contribution < -0.4 is 4.74 Å². The fourth-order valence-electron chi connectivity index (χ4n) is 0.928. The number of carbonyl (C=O) groups excluding carboxylic acids is 1. The van der Waals surface area contributed by atoms with Crippen LogP contribution in [0, 0.1) is 5.82 Å². The van der Waals surface area contributed by atoms with Gasteiger partial charge in [-0.05, 0) is 12.1 Å². The molecule has 2 nitrogen and oxygen atoms in total. The number of ether oxygens (including phenoxy) is 1. The normalized spacial score (nSPS) is 11.3. The lowest BCUT2D eigenvalue weighted by Gasteiger charge is -2.11. The van der Waals surface area contributed by atoms with E-state index < -0.39 is 29.2 Å². The third-order valence-corrected chi connectivity index (χ3v) is 1.99. The minimum absolute atomic E-state index is 0.109. The van der Waals surface area contributed by atoms with Gasteiger partial charge in [0.1, 0.15) is 11.6 Å². The Bertz CT molecular complexity index is 403. The maximum Gasteiger partial charge on any atom is 0.422 e. The Balaban J connectivity index is 2.94. The van der Waals surface area contributed by atoms with Crippen molar-refractivity contribution in [2.24, 2.45) is 0 Å². The van der Waals surface area contributed by atoms with E-state index in [0.717, 1.165) is 12.1 Å². The van der Waals surface area contributed by atoms with Crippen LogP contribution in [-0.2, 0) is 0 Å². The molecular formula is C9H5ClF4O2. The second kappa shape index (κ2) is 4.69. The van der Waals surface area contributed by atoms with Gasteiger partial charge in [-0.1, -0.05) is 11.6 Å².